The number of para-hydroxylation sites is 1. The van der Waals surface area contributed by atoms with Crippen molar-refractivity contribution in [1.29, 1.82) is 0 Å². The van der Waals surface area contributed by atoms with Gasteiger partial charge in [-0.2, -0.15) is 4.68 Å². The van der Waals surface area contributed by atoms with Crippen LogP contribution in [0.2, 0.25) is 5.02 Å². The molecule has 6 nitrogen and oxygen atoms in total. The Hall–Kier alpha value is -2.32. The summed E-state index contributed by atoms with van der Waals surface area (Å²) in [6, 6.07) is 19.7. The Labute approximate surface area is 190 Å². The lowest BCUT2D eigenvalue weighted by atomic mass is 10.1. The normalized spacial score (nSPS) is 10.7. The molecule has 2 aromatic heterocycles. The first-order valence-corrected chi connectivity index (χ1v) is 10.6. The Bertz CT molecular complexity index is 1080. The van der Waals surface area contributed by atoms with Gasteiger partial charge in [0.2, 0.25) is 5.16 Å². The summed E-state index contributed by atoms with van der Waals surface area (Å²) < 4.78 is 7.72. The van der Waals surface area contributed by atoms with E-state index in [-0.39, 0.29) is 12.4 Å². The quantitative estimate of drug-likeness (QED) is 0.287. The van der Waals surface area contributed by atoms with Crippen LogP contribution in [-0.4, -0.2) is 32.5 Å². The van der Waals surface area contributed by atoms with E-state index < -0.39 is 0 Å². The molecule has 2 aromatic carbocycles. The average molecular weight is 462 g/mol. The van der Waals surface area contributed by atoms with Gasteiger partial charge in [0.15, 0.2) is 0 Å². The third-order valence-electron chi connectivity index (χ3n) is 4.45. The van der Waals surface area contributed by atoms with Crippen molar-refractivity contribution in [1.82, 2.24) is 25.5 Å². The van der Waals surface area contributed by atoms with Crippen LogP contribution in [0.4, 0.5) is 0 Å². The molecule has 0 aliphatic heterocycles. The molecule has 0 atom stereocenters. The van der Waals surface area contributed by atoms with E-state index in [4.69, 9.17) is 16.0 Å². The monoisotopic (exact) mass is 461 g/mol. The number of halogens is 2. The van der Waals surface area contributed by atoms with E-state index in [0.29, 0.717) is 6.54 Å². The fourth-order valence-corrected chi connectivity index (χ4v) is 3.88. The van der Waals surface area contributed by atoms with Crippen molar-refractivity contribution in [2.45, 2.75) is 18.6 Å². The molecule has 0 amide bonds. The van der Waals surface area contributed by atoms with Crippen molar-refractivity contribution < 1.29 is 4.42 Å². The highest BCUT2D eigenvalue weighted by atomic mass is 35.5. The molecule has 156 valence electrons. The van der Waals surface area contributed by atoms with Crippen molar-refractivity contribution in [3.8, 4) is 17.0 Å². The second-order valence-corrected chi connectivity index (χ2v) is 7.88. The third-order valence-corrected chi connectivity index (χ3v) is 5.78. The molecule has 4 rings (SSSR count). The van der Waals surface area contributed by atoms with Crippen LogP contribution in [0.15, 0.2) is 70.2 Å². The Morgan fingerprint density at radius 3 is 2.73 bits per heavy atom. The zero-order valence-corrected chi connectivity index (χ0v) is 18.7. The number of nitrogens with one attached hydrogen (secondary N) is 1. The molecule has 4 aromatic rings. The second kappa shape index (κ2) is 10.6. The lowest BCUT2D eigenvalue weighted by Crippen LogP contribution is -2.16. The van der Waals surface area contributed by atoms with E-state index >= 15 is 0 Å². The predicted octanol–water partition coefficient (Wildman–Crippen LogP) is 5.19. The number of hydrogen-bond donors (Lipinski definition) is 1. The topological polar surface area (TPSA) is 68.8 Å². The van der Waals surface area contributed by atoms with Gasteiger partial charge < -0.3 is 9.73 Å². The summed E-state index contributed by atoms with van der Waals surface area (Å²) in [5, 5.41) is 16.9. The highest BCUT2D eigenvalue weighted by Gasteiger charge is 2.10. The van der Waals surface area contributed by atoms with Gasteiger partial charge in [-0.25, -0.2) is 0 Å². The van der Waals surface area contributed by atoms with Crippen molar-refractivity contribution in [3.05, 3.63) is 77.0 Å². The van der Waals surface area contributed by atoms with E-state index in [1.54, 1.807) is 16.4 Å². The summed E-state index contributed by atoms with van der Waals surface area (Å²) in [6.45, 7) is 3.46. The molecule has 0 radical (unpaired) electrons. The van der Waals surface area contributed by atoms with E-state index in [1.165, 1.54) is 0 Å². The van der Waals surface area contributed by atoms with Crippen LogP contribution < -0.4 is 5.32 Å². The highest BCUT2D eigenvalue weighted by molar-refractivity contribution is 7.99. The Kier molecular flexibility index (Phi) is 7.93. The molecule has 1 N–H and O–H groups in total. The third kappa shape index (κ3) is 5.23. The van der Waals surface area contributed by atoms with E-state index in [2.05, 4.69) is 20.8 Å². The number of thioether (sulfide) groups is 1. The first kappa shape index (κ1) is 22.4. The Morgan fingerprint density at radius 2 is 1.90 bits per heavy atom. The number of nitrogens with zero attached hydrogens (tertiary/aromatic N) is 4. The lowest BCUT2D eigenvalue weighted by Gasteiger charge is -2.05. The first-order chi connectivity index (χ1) is 14.2. The van der Waals surface area contributed by atoms with Gasteiger partial charge >= 0.3 is 0 Å². The van der Waals surface area contributed by atoms with Gasteiger partial charge in [-0.3, -0.25) is 0 Å². The molecule has 0 saturated heterocycles. The maximum atomic E-state index is 6.21. The molecule has 0 aliphatic rings. The summed E-state index contributed by atoms with van der Waals surface area (Å²) in [5.41, 5.74) is 3.00. The van der Waals surface area contributed by atoms with Crippen LogP contribution in [0.25, 0.3) is 17.0 Å². The number of hydrogen-bond acceptors (Lipinski definition) is 6. The smallest absolute Gasteiger partial charge is 0.214 e. The molecule has 0 unspecified atom stereocenters. The molecule has 30 heavy (non-hydrogen) atoms. The zero-order chi connectivity index (χ0) is 20.1. The maximum absolute atomic E-state index is 6.21. The molecule has 0 aliphatic carbocycles. The molecular formula is C21H21Cl2N5OS. The largest absolute Gasteiger partial charge is 0.460 e. The van der Waals surface area contributed by atoms with Gasteiger partial charge in [0.05, 0.1) is 12.2 Å². The summed E-state index contributed by atoms with van der Waals surface area (Å²) >= 11 is 7.82. The number of furan rings is 1. The summed E-state index contributed by atoms with van der Waals surface area (Å²) in [5.74, 6) is 2.56. The maximum Gasteiger partial charge on any atom is 0.214 e. The van der Waals surface area contributed by atoms with Gasteiger partial charge in [-0.15, -0.1) is 17.5 Å². The van der Waals surface area contributed by atoms with Gasteiger partial charge in [0, 0.05) is 22.9 Å². The van der Waals surface area contributed by atoms with Crippen LogP contribution in [-0.2, 0) is 6.54 Å². The molecule has 9 heteroatoms. The van der Waals surface area contributed by atoms with Crippen molar-refractivity contribution in [2.24, 2.45) is 0 Å². The van der Waals surface area contributed by atoms with Crippen LogP contribution in [0, 0.1) is 6.92 Å². The molecule has 0 spiro atoms. The van der Waals surface area contributed by atoms with Gasteiger partial charge in [-0.1, -0.05) is 53.7 Å². The molecular weight excluding hydrogens is 441 g/mol. The number of benzene rings is 2. The van der Waals surface area contributed by atoms with Crippen molar-refractivity contribution in [3.63, 3.8) is 0 Å². The van der Waals surface area contributed by atoms with Gasteiger partial charge in [0.1, 0.15) is 11.5 Å². The lowest BCUT2D eigenvalue weighted by molar-refractivity contribution is 0.499. The summed E-state index contributed by atoms with van der Waals surface area (Å²) in [4.78, 5) is 0. The van der Waals surface area contributed by atoms with Crippen molar-refractivity contribution >= 4 is 35.8 Å². The predicted molar refractivity (Wildman–Crippen MR) is 123 cm³/mol. The Balaban J connectivity index is 0.00000256. The van der Waals surface area contributed by atoms with E-state index in [9.17, 15) is 0 Å². The van der Waals surface area contributed by atoms with E-state index in [0.717, 1.165) is 50.8 Å². The second-order valence-electron chi connectivity index (χ2n) is 6.41. The fourth-order valence-electron chi connectivity index (χ4n) is 2.92. The number of tetrazole rings is 1. The average Bonchev–Trinajstić information content (AvgIpc) is 3.40. The minimum Gasteiger partial charge on any atom is -0.460 e. The zero-order valence-electron chi connectivity index (χ0n) is 16.3. The standard InChI is InChI=1S/C21H20ClN5OS.ClH/c1-15-18(8-5-9-19(15)22)20-11-10-17(28-20)14-23-12-13-29-21-24-25-26-27(21)16-6-3-2-4-7-16;/h2-11,23H,12-14H2,1H3;1H. The van der Waals surface area contributed by atoms with Gasteiger partial charge in [0.25, 0.3) is 0 Å². The summed E-state index contributed by atoms with van der Waals surface area (Å²) in [7, 11) is 0. The number of aromatic nitrogens is 4. The highest BCUT2D eigenvalue weighted by Crippen LogP contribution is 2.29. The van der Waals surface area contributed by atoms with Crippen LogP contribution >= 0.6 is 35.8 Å². The Morgan fingerprint density at radius 1 is 1.07 bits per heavy atom. The van der Waals surface area contributed by atoms with E-state index in [1.807, 2.05) is 67.6 Å². The minimum atomic E-state index is 0. The van der Waals surface area contributed by atoms with Crippen LogP contribution in [0.5, 0.6) is 0 Å². The SMILES string of the molecule is Cc1c(Cl)cccc1-c1ccc(CNCCSc2nnnn2-c2ccccc2)o1.Cl. The molecule has 0 saturated carbocycles. The molecule has 0 fully saturated rings. The van der Waals surface area contributed by atoms with Gasteiger partial charge in [-0.05, 0) is 53.2 Å². The molecule has 0 bridgehead atoms. The van der Waals surface area contributed by atoms with Crippen molar-refractivity contribution in [2.75, 3.05) is 12.3 Å². The summed E-state index contributed by atoms with van der Waals surface area (Å²) in [6.07, 6.45) is 0. The first-order valence-electron chi connectivity index (χ1n) is 9.24. The minimum absolute atomic E-state index is 0. The van der Waals surface area contributed by atoms with Crippen LogP contribution in [0.3, 0.4) is 0 Å². The van der Waals surface area contributed by atoms with Crippen LogP contribution in [0.1, 0.15) is 11.3 Å². The number of rotatable bonds is 8. The fraction of sp³-hybridized carbons (Fsp3) is 0.190. The molecule has 2 heterocycles.